The normalized spacial score (nSPS) is 18.2. The van der Waals surface area contributed by atoms with E-state index < -0.39 is 0 Å². The van der Waals surface area contributed by atoms with E-state index in [1.165, 1.54) is 18.4 Å². The maximum absolute atomic E-state index is 6.19. The number of rotatable bonds is 5. The van der Waals surface area contributed by atoms with Crippen molar-refractivity contribution in [3.8, 4) is 11.5 Å². The Balaban J connectivity index is 1.86. The molecule has 1 aliphatic heterocycles. The third-order valence-corrected chi connectivity index (χ3v) is 4.12. The van der Waals surface area contributed by atoms with Crippen molar-refractivity contribution in [3.05, 3.63) is 65.4 Å². The topological polar surface area (TPSA) is 18.5 Å². The molecule has 0 amide bonds. The fourth-order valence-electron chi connectivity index (χ4n) is 2.77. The van der Waals surface area contributed by atoms with Gasteiger partial charge in [-0.2, -0.15) is 0 Å². The molecule has 1 unspecified atom stereocenters. The van der Waals surface area contributed by atoms with Gasteiger partial charge in [-0.25, -0.2) is 0 Å². The quantitative estimate of drug-likeness (QED) is 0.654. The van der Waals surface area contributed by atoms with Crippen LogP contribution in [-0.2, 0) is 0 Å². The Hall–Kier alpha value is -2.22. The monoisotopic (exact) mass is 308 g/mol. The van der Waals surface area contributed by atoms with E-state index in [-0.39, 0.29) is 6.10 Å². The van der Waals surface area contributed by atoms with E-state index in [9.17, 15) is 0 Å². The second-order valence-corrected chi connectivity index (χ2v) is 6.11. The first-order chi connectivity index (χ1) is 11.3. The lowest BCUT2D eigenvalue weighted by atomic mass is 10.0. The average molecular weight is 308 g/mol. The standard InChI is InChI=1S/C21H24O2/c1-3-4-5-8-20-21(15-17-13-11-16(2)12-14-17)23-19-10-7-6-9-18(19)22-20/h6-7,9-15,20H,3-5,8H2,1-2H3/b21-15+. The summed E-state index contributed by atoms with van der Waals surface area (Å²) < 4.78 is 12.3. The van der Waals surface area contributed by atoms with Crippen LogP contribution in [0.15, 0.2) is 54.3 Å². The van der Waals surface area contributed by atoms with Crippen LogP contribution in [-0.4, -0.2) is 6.10 Å². The highest BCUT2D eigenvalue weighted by molar-refractivity contribution is 5.55. The lowest BCUT2D eigenvalue weighted by Gasteiger charge is -2.28. The molecule has 0 aliphatic carbocycles. The van der Waals surface area contributed by atoms with Crippen molar-refractivity contribution in [2.45, 2.75) is 45.6 Å². The van der Waals surface area contributed by atoms with Gasteiger partial charge in [0.1, 0.15) is 5.76 Å². The second-order valence-electron chi connectivity index (χ2n) is 6.11. The predicted molar refractivity (Wildman–Crippen MR) is 94.8 cm³/mol. The van der Waals surface area contributed by atoms with Gasteiger partial charge >= 0.3 is 0 Å². The molecule has 0 aromatic heterocycles. The molecule has 2 nitrogen and oxygen atoms in total. The highest BCUT2D eigenvalue weighted by Gasteiger charge is 2.25. The van der Waals surface area contributed by atoms with Crippen molar-refractivity contribution in [2.24, 2.45) is 0 Å². The molecule has 2 aromatic carbocycles. The van der Waals surface area contributed by atoms with Gasteiger partial charge in [-0.1, -0.05) is 61.7 Å². The van der Waals surface area contributed by atoms with Gasteiger partial charge < -0.3 is 9.47 Å². The van der Waals surface area contributed by atoms with Crippen LogP contribution in [0.4, 0.5) is 0 Å². The van der Waals surface area contributed by atoms with Crippen LogP contribution < -0.4 is 9.47 Å². The van der Waals surface area contributed by atoms with Crippen molar-refractivity contribution in [3.63, 3.8) is 0 Å². The Bertz CT molecular complexity index is 670. The minimum atomic E-state index is -0.00208. The largest absolute Gasteiger partial charge is 0.479 e. The first kappa shape index (κ1) is 15.7. The van der Waals surface area contributed by atoms with Gasteiger partial charge in [0.2, 0.25) is 0 Å². The molecule has 0 saturated carbocycles. The zero-order chi connectivity index (χ0) is 16.1. The zero-order valence-electron chi connectivity index (χ0n) is 13.9. The summed E-state index contributed by atoms with van der Waals surface area (Å²) in [5.41, 5.74) is 2.41. The van der Waals surface area contributed by atoms with Crippen molar-refractivity contribution in [1.82, 2.24) is 0 Å². The third-order valence-electron chi connectivity index (χ3n) is 4.12. The highest BCUT2D eigenvalue weighted by Crippen LogP contribution is 2.37. The molecule has 1 aliphatic rings. The summed E-state index contributed by atoms with van der Waals surface area (Å²) >= 11 is 0. The van der Waals surface area contributed by atoms with Crippen LogP contribution in [0.3, 0.4) is 0 Å². The summed E-state index contributed by atoms with van der Waals surface area (Å²) in [5, 5.41) is 0. The Morgan fingerprint density at radius 1 is 0.957 bits per heavy atom. The molecule has 0 radical (unpaired) electrons. The molecular weight excluding hydrogens is 284 g/mol. The number of fused-ring (bicyclic) bond motifs is 1. The molecule has 1 atom stereocenters. The molecule has 120 valence electrons. The van der Waals surface area contributed by atoms with E-state index in [2.05, 4.69) is 44.2 Å². The summed E-state index contributed by atoms with van der Waals surface area (Å²) in [6.07, 6.45) is 6.67. The molecule has 0 spiro atoms. The van der Waals surface area contributed by atoms with Crippen LogP contribution in [0.25, 0.3) is 6.08 Å². The Morgan fingerprint density at radius 3 is 2.43 bits per heavy atom. The zero-order valence-corrected chi connectivity index (χ0v) is 13.9. The van der Waals surface area contributed by atoms with E-state index in [0.29, 0.717) is 0 Å². The molecule has 0 saturated heterocycles. The Kier molecular flexibility index (Phi) is 5.02. The number of hydrogen-bond acceptors (Lipinski definition) is 2. The fourth-order valence-corrected chi connectivity index (χ4v) is 2.77. The number of para-hydroxylation sites is 2. The number of aryl methyl sites for hydroxylation is 1. The van der Waals surface area contributed by atoms with E-state index >= 15 is 0 Å². The highest BCUT2D eigenvalue weighted by atomic mass is 16.6. The van der Waals surface area contributed by atoms with Gasteiger partial charge in [-0.15, -0.1) is 0 Å². The Labute approximate surface area is 138 Å². The summed E-state index contributed by atoms with van der Waals surface area (Å²) in [6, 6.07) is 16.4. The lowest BCUT2D eigenvalue weighted by Crippen LogP contribution is -2.27. The molecule has 23 heavy (non-hydrogen) atoms. The van der Waals surface area contributed by atoms with Crippen molar-refractivity contribution >= 4 is 6.08 Å². The number of unbranched alkanes of at least 4 members (excludes halogenated alkanes) is 2. The second kappa shape index (κ2) is 7.36. The first-order valence-electron chi connectivity index (χ1n) is 8.48. The smallest absolute Gasteiger partial charge is 0.169 e. The number of benzene rings is 2. The van der Waals surface area contributed by atoms with Crippen molar-refractivity contribution < 1.29 is 9.47 Å². The van der Waals surface area contributed by atoms with Gasteiger partial charge in [-0.05, 0) is 43.5 Å². The van der Waals surface area contributed by atoms with E-state index in [0.717, 1.165) is 35.7 Å². The molecule has 0 bridgehead atoms. The molecular formula is C21H24O2. The maximum Gasteiger partial charge on any atom is 0.169 e. The number of hydrogen-bond donors (Lipinski definition) is 0. The van der Waals surface area contributed by atoms with Crippen LogP contribution >= 0.6 is 0 Å². The summed E-state index contributed by atoms with van der Waals surface area (Å²) in [5.74, 6) is 2.55. The molecule has 0 N–H and O–H groups in total. The molecule has 0 fully saturated rings. The Morgan fingerprint density at radius 2 is 1.70 bits per heavy atom. The minimum absolute atomic E-state index is 0.00208. The van der Waals surface area contributed by atoms with Crippen LogP contribution in [0.2, 0.25) is 0 Å². The van der Waals surface area contributed by atoms with E-state index in [1.54, 1.807) is 0 Å². The first-order valence-corrected chi connectivity index (χ1v) is 8.48. The molecule has 3 rings (SSSR count). The van der Waals surface area contributed by atoms with Crippen LogP contribution in [0, 0.1) is 6.92 Å². The molecule has 1 heterocycles. The summed E-state index contributed by atoms with van der Waals surface area (Å²) in [6.45, 7) is 4.32. The van der Waals surface area contributed by atoms with Crippen LogP contribution in [0.5, 0.6) is 11.5 Å². The third kappa shape index (κ3) is 3.95. The van der Waals surface area contributed by atoms with Gasteiger partial charge in [-0.3, -0.25) is 0 Å². The molecule has 2 heteroatoms. The minimum Gasteiger partial charge on any atom is -0.479 e. The van der Waals surface area contributed by atoms with Crippen LogP contribution in [0.1, 0.15) is 43.7 Å². The van der Waals surface area contributed by atoms with E-state index in [1.807, 2.05) is 24.3 Å². The summed E-state index contributed by atoms with van der Waals surface area (Å²) in [7, 11) is 0. The SMILES string of the molecule is CCCCCC1Oc2ccccc2O/C1=C/c1ccc(C)cc1. The lowest BCUT2D eigenvalue weighted by molar-refractivity contribution is 0.139. The fraction of sp³-hybridized carbons (Fsp3) is 0.333. The van der Waals surface area contributed by atoms with E-state index in [4.69, 9.17) is 9.47 Å². The van der Waals surface area contributed by atoms with Crippen molar-refractivity contribution in [1.29, 1.82) is 0 Å². The summed E-state index contributed by atoms with van der Waals surface area (Å²) in [4.78, 5) is 0. The predicted octanol–water partition coefficient (Wildman–Crippen LogP) is 5.76. The molecule has 2 aromatic rings. The number of ether oxygens (including phenoxy) is 2. The average Bonchev–Trinajstić information content (AvgIpc) is 2.57. The van der Waals surface area contributed by atoms with Gasteiger partial charge in [0.15, 0.2) is 17.6 Å². The van der Waals surface area contributed by atoms with Gasteiger partial charge in [0.05, 0.1) is 0 Å². The van der Waals surface area contributed by atoms with Gasteiger partial charge in [0, 0.05) is 0 Å². The maximum atomic E-state index is 6.19. The van der Waals surface area contributed by atoms with Gasteiger partial charge in [0.25, 0.3) is 0 Å². The van der Waals surface area contributed by atoms with Crippen molar-refractivity contribution in [2.75, 3.05) is 0 Å².